The van der Waals surface area contributed by atoms with Crippen molar-refractivity contribution in [2.45, 2.75) is 13.0 Å². The van der Waals surface area contributed by atoms with Gasteiger partial charge in [0.15, 0.2) is 0 Å². The molecule has 3 fully saturated rings. The van der Waals surface area contributed by atoms with E-state index in [-0.39, 0.29) is 35.5 Å². The van der Waals surface area contributed by atoms with E-state index in [1.165, 1.54) is 0 Å². The van der Waals surface area contributed by atoms with Crippen LogP contribution in [0.3, 0.4) is 0 Å². The summed E-state index contributed by atoms with van der Waals surface area (Å²) in [6.07, 6.45) is 7.07. The van der Waals surface area contributed by atoms with E-state index in [4.69, 9.17) is 4.74 Å². The lowest BCUT2D eigenvalue weighted by atomic mass is 9.63. The summed E-state index contributed by atoms with van der Waals surface area (Å²) in [4.78, 5) is 26.1. The summed E-state index contributed by atoms with van der Waals surface area (Å²) in [7, 11) is 0. The zero-order valence-electron chi connectivity index (χ0n) is 16.7. The Morgan fingerprint density at radius 3 is 2.29 bits per heavy atom. The second-order valence-corrected chi connectivity index (χ2v) is 9.76. The van der Waals surface area contributed by atoms with E-state index in [1.807, 2.05) is 48.5 Å². The van der Waals surface area contributed by atoms with Gasteiger partial charge >= 0.3 is 0 Å². The van der Waals surface area contributed by atoms with Crippen LogP contribution in [-0.4, -0.2) is 23.0 Å². The number of hydrogen-bond acceptors (Lipinski definition) is 4. The minimum Gasteiger partial charge on any atom is -0.488 e. The second-order valence-electron chi connectivity index (χ2n) is 8.84. The molecule has 156 valence electrons. The molecule has 1 heterocycles. The minimum atomic E-state index is -0.229. The SMILES string of the molecule is O=C1C2C3C=CC(C4CC34)C2C(=O)N1N=Cc1ccccc1OCc1ccc(Br)cc1. The van der Waals surface area contributed by atoms with Crippen molar-refractivity contribution in [2.24, 2.45) is 40.6 Å². The number of carbonyl (C=O) groups excluding carboxylic acids is 2. The first-order valence-electron chi connectivity index (χ1n) is 10.7. The predicted octanol–water partition coefficient (Wildman–Crippen LogP) is 4.42. The van der Waals surface area contributed by atoms with Crippen LogP contribution in [0.5, 0.6) is 5.75 Å². The van der Waals surface area contributed by atoms with Gasteiger partial charge < -0.3 is 4.74 Å². The fourth-order valence-corrected chi connectivity index (χ4v) is 5.90. The van der Waals surface area contributed by atoms with E-state index in [0.29, 0.717) is 24.2 Å². The number of para-hydroxylation sites is 1. The Bertz CT molecular complexity index is 1090. The van der Waals surface area contributed by atoms with Gasteiger partial charge in [0.1, 0.15) is 12.4 Å². The quantitative estimate of drug-likeness (QED) is 0.364. The highest BCUT2D eigenvalue weighted by atomic mass is 79.9. The molecule has 6 atom stereocenters. The van der Waals surface area contributed by atoms with Gasteiger partial charge in [0, 0.05) is 10.0 Å². The van der Waals surface area contributed by atoms with Crippen molar-refractivity contribution in [1.29, 1.82) is 0 Å². The predicted molar refractivity (Wildman–Crippen MR) is 119 cm³/mol. The third-order valence-electron chi connectivity index (χ3n) is 7.18. The van der Waals surface area contributed by atoms with E-state index in [1.54, 1.807) is 6.21 Å². The summed E-state index contributed by atoms with van der Waals surface area (Å²) >= 11 is 3.43. The first-order chi connectivity index (χ1) is 15.1. The molecule has 5 nitrogen and oxygen atoms in total. The van der Waals surface area contributed by atoms with E-state index >= 15 is 0 Å². The smallest absolute Gasteiger partial charge is 0.254 e. The highest BCUT2D eigenvalue weighted by molar-refractivity contribution is 9.10. The normalized spacial score (nSPS) is 32.5. The Labute approximate surface area is 188 Å². The van der Waals surface area contributed by atoms with Crippen LogP contribution in [0.25, 0.3) is 0 Å². The number of benzene rings is 2. The van der Waals surface area contributed by atoms with Crippen LogP contribution < -0.4 is 4.74 Å². The zero-order chi connectivity index (χ0) is 21.1. The van der Waals surface area contributed by atoms with Gasteiger partial charge in [-0.05, 0) is 59.9 Å². The molecule has 0 N–H and O–H groups in total. The number of halogens is 1. The average Bonchev–Trinajstić information content (AvgIpc) is 3.57. The summed E-state index contributed by atoms with van der Waals surface area (Å²) in [5.74, 6) is 1.49. The number of allylic oxidation sites excluding steroid dienone is 2. The highest BCUT2D eigenvalue weighted by Crippen LogP contribution is 2.65. The van der Waals surface area contributed by atoms with E-state index in [9.17, 15) is 9.59 Å². The minimum absolute atomic E-state index is 0.149. The second kappa shape index (κ2) is 7.16. The maximum Gasteiger partial charge on any atom is 0.254 e. The molecule has 2 saturated carbocycles. The van der Waals surface area contributed by atoms with Crippen molar-refractivity contribution in [3.63, 3.8) is 0 Å². The molecular weight excluding hydrogens is 456 g/mol. The van der Waals surface area contributed by atoms with Crippen molar-refractivity contribution in [2.75, 3.05) is 0 Å². The molecule has 0 radical (unpaired) electrons. The molecule has 1 aliphatic heterocycles. The van der Waals surface area contributed by atoms with E-state index in [2.05, 4.69) is 33.2 Å². The Kier molecular flexibility index (Phi) is 4.39. The van der Waals surface area contributed by atoms with Gasteiger partial charge in [-0.2, -0.15) is 10.1 Å². The van der Waals surface area contributed by atoms with Gasteiger partial charge in [-0.1, -0.05) is 52.3 Å². The topological polar surface area (TPSA) is 59.0 Å². The van der Waals surface area contributed by atoms with Crippen molar-refractivity contribution in [3.8, 4) is 5.75 Å². The van der Waals surface area contributed by atoms with Crippen LogP contribution in [0.1, 0.15) is 17.5 Å². The Morgan fingerprint density at radius 1 is 0.968 bits per heavy atom. The molecule has 5 aliphatic rings. The lowest BCUT2D eigenvalue weighted by Crippen LogP contribution is -2.40. The third-order valence-corrected chi connectivity index (χ3v) is 7.71. The van der Waals surface area contributed by atoms with Gasteiger partial charge in [0.2, 0.25) is 0 Å². The lowest BCUT2D eigenvalue weighted by molar-refractivity contribution is -0.140. The number of hydrazone groups is 1. The molecule has 4 aliphatic carbocycles. The van der Waals surface area contributed by atoms with Crippen LogP contribution in [0.2, 0.25) is 0 Å². The number of nitrogens with zero attached hydrogens (tertiary/aromatic N) is 2. The van der Waals surface area contributed by atoms with Crippen LogP contribution in [0, 0.1) is 35.5 Å². The highest BCUT2D eigenvalue weighted by Gasteiger charge is 2.67. The summed E-state index contributed by atoms with van der Waals surface area (Å²) in [5.41, 5.74) is 1.78. The maximum atomic E-state index is 13.1. The Morgan fingerprint density at radius 2 is 1.61 bits per heavy atom. The van der Waals surface area contributed by atoms with E-state index < -0.39 is 0 Å². The van der Waals surface area contributed by atoms with Gasteiger partial charge in [0.05, 0.1) is 18.1 Å². The monoisotopic (exact) mass is 476 g/mol. The summed E-state index contributed by atoms with van der Waals surface area (Å²) in [5, 5.41) is 5.45. The molecule has 6 unspecified atom stereocenters. The van der Waals surface area contributed by atoms with Crippen LogP contribution >= 0.6 is 15.9 Å². The van der Waals surface area contributed by atoms with Gasteiger partial charge in [-0.15, -0.1) is 0 Å². The number of imide groups is 1. The fourth-order valence-electron chi connectivity index (χ4n) is 5.64. The number of amides is 2. The number of rotatable bonds is 5. The molecule has 2 aromatic carbocycles. The summed E-state index contributed by atoms with van der Waals surface area (Å²) in [6, 6.07) is 15.5. The maximum absolute atomic E-state index is 13.1. The van der Waals surface area contributed by atoms with Crippen LogP contribution in [-0.2, 0) is 16.2 Å². The molecule has 31 heavy (non-hydrogen) atoms. The lowest BCUT2D eigenvalue weighted by Gasteiger charge is -2.37. The summed E-state index contributed by atoms with van der Waals surface area (Å²) in [6.45, 7) is 0.418. The molecular formula is C25H21BrN2O3. The number of ether oxygens (including phenoxy) is 1. The van der Waals surface area contributed by atoms with Gasteiger partial charge in [-0.25, -0.2) is 0 Å². The standard InChI is InChI=1S/C25H21BrN2O3/c26-16-7-5-14(6-8-16)13-31-21-4-2-1-3-15(21)12-27-28-24(29)22-17-9-10-18(20-11-19(17)20)23(22)25(28)30/h1-10,12,17-20,22-23H,11,13H2. The van der Waals surface area contributed by atoms with Crippen molar-refractivity contribution >= 4 is 34.0 Å². The first kappa shape index (κ1) is 19.0. The van der Waals surface area contributed by atoms with Crippen molar-refractivity contribution < 1.29 is 14.3 Å². The Balaban J connectivity index is 1.21. The largest absolute Gasteiger partial charge is 0.488 e. The van der Waals surface area contributed by atoms with Crippen molar-refractivity contribution in [1.82, 2.24) is 5.01 Å². The summed E-state index contributed by atoms with van der Waals surface area (Å²) < 4.78 is 7.00. The molecule has 2 aromatic rings. The molecule has 1 saturated heterocycles. The Hall–Kier alpha value is -2.73. The molecule has 2 bridgehead atoms. The third kappa shape index (κ3) is 3.07. The molecule has 0 spiro atoms. The molecule has 0 aromatic heterocycles. The fraction of sp³-hybridized carbons (Fsp3) is 0.320. The first-order valence-corrected chi connectivity index (χ1v) is 11.5. The van der Waals surface area contributed by atoms with Gasteiger partial charge in [-0.3, -0.25) is 9.59 Å². The van der Waals surface area contributed by atoms with E-state index in [0.717, 1.165) is 27.0 Å². The van der Waals surface area contributed by atoms with Crippen LogP contribution in [0.4, 0.5) is 0 Å². The number of carbonyl (C=O) groups is 2. The zero-order valence-corrected chi connectivity index (χ0v) is 18.3. The van der Waals surface area contributed by atoms with Crippen molar-refractivity contribution in [3.05, 3.63) is 76.3 Å². The molecule has 6 heteroatoms. The molecule has 7 rings (SSSR count). The molecule has 2 amide bonds. The van der Waals surface area contributed by atoms with Crippen LogP contribution in [0.15, 0.2) is 70.3 Å². The van der Waals surface area contributed by atoms with Gasteiger partial charge in [0.25, 0.3) is 11.8 Å². The number of hydrogen-bond donors (Lipinski definition) is 0. The average molecular weight is 477 g/mol.